The van der Waals surface area contributed by atoms with Gasteiger partial charge in [0.25, 0.3) is 0 Å². The molecule has 1 saturated carbocycles. The fourth-order valence-electron chi connectivity index (χ4n) is 2.92. The third-order valence-corrected chi connectivity index (χ3v) is 5.00. The minimum Gasteiger partial charge on any atom is -0.383 e. The van der Waals surface area contributed by atoms with E-state index in [9.17, 15) is 0 Å². The van der Waals surface area contributed by atoms with E-state index in [2.05, 4.69) is 16.8 Å². The largest absolute Gasteiger partial charge is 0.383 e. The van der Waals surface area contributed by atoms with Crippen molar-refractivity contribution in [2.24, 2.45) is 5.92 Å². The van der Waals surface area contributed by atoms with Crippen molar-refractivity contribution < 1.29 is 4.74 Å². The topological polar surface area (TPSA) is 21.3 Å². The molecule has 1 aromatic rings. The van der Waals surface area contributed by atoms with Crippen molar-refractivity contribution in [3.8, 4) is 0 Å². The van der Waals surface area contributed by atoms with Gasteiger partial charge in [0, 0.05) is 24.1 Å². The number of aryl methyl sites for hydroxylation is 1. The van der Waals surface area contributed by atoms with Gasteiger partial charge in [0.15, 0.2) is 0 Å². The molecule has 2 unspecified atom stereocenters. The van der Waals surface area contributed by atoms with Crippen molar-refractivity contribution in [1.29, 1.82) is 0 Å². The lowest BCUT2D eigenvalue weighted by atomic mass is 9.93. The molecule has 0 aromatic carbocycles. The average molecular weight is 251 g/mol. The first-order chi connectivity index (χ1) is 8.38. The van der Waals surface area contributed by atoms with Crippen LogP contribution in [0.3, 0.4) is 0 Å². The van der Waals surface area contributed by atoms with Gasteiger partial charge in [-0.1, -0.05) is 0 Å². The van der Waals surface area contributed by atoms with E-state index in [-0.39, 0.29) is 0 Å². The Morgan fingerprint density at radius 2 is 2.35 bits per heavy atom. The van der Waals surface area contributed by atoms with E-state index >= 15 is 0 Å². The Labute approximate surface area is 107 Å². The van der Waals surface area contributed by atoms with Crippen LogP contribution in [0.25, 0.3) is 0 Å². The molecule has 0 amide bonds. The van der Waals surface area contributed by atoms with Crippen molar-refractivity contribution >= 4 is 11.3 Å². The summed E-state index contributed by atoms with van der Waals surface area (Å²) in [6.07, 6.45) is 6.66. The molecular formula is C14H21NOS. The quantitative estimate of drug-likeness (QED) is 0.868. The van der Waals surface area contributed by atoms with Gasteiger partial charge in [-0.15, -0.1) is 11.3 Å². The molecule has 0 bridgehead atoms. The molecule has 2 aliphatic rings. The summed E-state index contributed by atoms with van der Waals surface area (Å²) in [6, 6.07) is 3.45. The molecule has 3 heteroatoms. The molecule has 1 N–H and O–H groups in total. The van der Waals surface area contributed by atoms with Crippen LogP contribution in [-0.2, 0) is 11.2 Å². The molecule has 2 aliphatic carbocycles. The second-order valence-electron chi connectivity index (χ2n) is 5.31. The minimum atomic E-state index is 0.566. The van der Waals surface area contributed by atoms with E-state index in [4.69, 9.17) is 4.74 Å². The van der Waals surface area contributed by atoms with Gasteiger partial charge in [-0.05, 0) is 55.0 Å². The molecule has 0 spiro atoms. The van der Waals surface area contributed by atoms with Crippen LogP contribution in [0.1, 0.15) is 42.2 Å². The molecule has 94 valence electrons. The van der Waals surface area contributed by atoms with Crippen LogP contribution in [0.2, 0.25) is 0 Å². The zero-order chi connectivity index (χ0) is 11.7. The number of rotatable bonds is 5. The third-order valence-electron chi connectivity index (χ3n) is 4.00. The first kappa shape index (κ1) is 11.7. The Bertz CT molecular complexity index is 372. The summed E-state index contributed by atoms with van der Waals surface area (Å²) in [7, 11) is 1.81. The van der Waals surface area contributed by atoms with Gasteiger partial charge < -0.3 is 10.1 Å². The summed E-state index contributed by atoms with van der Waals surface area (Å²) >= 11 is 1.92. The van der Waals surface area contributed by atoms with E-state index in [1.807, 2.05) is 18.4 Å². The third kappa shape index (κ3) is 2.56. The maximum Gasteiger partial charge on any atom is 0.0618 e. The van der Waals surface area contributed by atoms with Gasteiger partial charge >= 0.3 is 0 Å². The number of fused-ring (bicyclic) bond motifs is 1. The molecule has 1 fully saturated rings. The van der Waals surface area contributed by atoms with Gasteiger partial charge in [0.05, 0.1) is 6.61 Å². The van der Waals surface area contributed by atoms with E-state index in [1.54, 1.807) is 10.4 Å². The molecule has 1 heterocycles. The predicted molar refractivity (Wildman–Crippen MR) is 71.5 cm³/mol. The molecule has 0 radical (unpaired) electrons. The van der Waals surface area contributed by atoms with Gasteiger partial charge in [-0.3, -0.25) is 0 Å². The van der Waals surface area contributed by atoms with Crippen molar-refractivity contribution in [2.45, 2.75) is 44.2 Å². The predicted octanol–water partition coefficient (Wildman–Crippen LogP) is 3.14. The Morgan fingerprint density at radius 1 is 1.47 bits per heavy atom. The maximum absolute atomic E-state index is 5.36. The monoisotopic (exact) mass is 251 g/mol. The average Bonchev–Trinajstić information content (AvgIpc) is 3.07. The lowest BCUT2D eigenvalue weighted by Crippen LogP contribution is -2.38. The molecule has 2 nitrogen and oxygen atoms in total. The Morgan fingerprint density at radius 3 is 3.12 bits per heavy atom. The summed E-state index contributed by atoms with van der Waals surface area (Å²) < 4.78 is 5.36. The molecule has 0 aliphatic heterocycles. The first-order valence-electron chi connectivity index (χ1n) is 6.69. The highest BCUT2D eigenvalue weighted by molar-refractivity contribution is 7.10. The first-order valence-corrected chi connectivity index (χ1v) is 7.57. The number of ether oxygens (including phenoxy) is 1. The molecular weight excluding hydrogens is 230 g/mol. The van der Waals surface area contributed by atoms with E-state index in [0.717, 1.165) is 12.5 Å². The van der Waals surface area contributed by atoms with Crippen molar-refractivity contribution in [2.75, 3.05) is 13.7 Å². The Kier molecular flexibility index (Phi) is 3.50. The zero-order valence-corrected chi connectivity index (χ0v) is 11.3. The van der Waals surface area contributed by atoms with Crippen molar-refractivity contribution in [1.82, 2.24) is 5.32 Å². The maximum atomic E-state index is 5.36. The highest BCUT2D eigenvalue weighted by atomic mass is 32.1. The SMILES string of the molecule is COCC(NC1CCCc2sccc21)C1CC1. The smallest absolute Gasteiger partial charge is 0.0618 e. The molecule has 0 saturated heterocycles. The molecule has 2 atom stereocenters. The summed E-state index contributed by atoms with van der Waals surface area (Å²) in [5, 5.41) is 6.09. The fraction of sp³-hybridized carbons (Fsp3) is 0.714. The van der Waals surface area contributed by atoms with Gasteiger partial charge in [-0.25, -0.2) is 0 Å². The fourth-order valence-corrected chi connectivity index (χ4v) is 3.90. The number of nitrogens with one attached hydrogen (secondary N) is 1. The minimum absolute atomic E-state index is 0.566. The zero-order valence-electron chi connectivity index (χ0n) is 10.4. The van der Waals surface area contributed by atoms with Crippen molar-refractivity contribution in [3.05, 3.63) is 21.9 Å². The van der Waals surface area contributed by atoms with Crippen LogP contribution in [0.5, 0.6) is 0 Å². The van der Waals surface area contributed by atoms with Crippen LogP contribution >= 0.6 is 11.3 Å². The molecule has 17 heavy (non-hydrogen) atoms. The second-order valence-corrected chi connectivity index (χ2v) is 6.31. The molecule has 1 aromatic heterocycles. The summed E-state index contributed by atoms with van der Waals surface area (Å²) in [4.78, 5) is 1.60. The van der Waals surface area contributed by atoms with Crippen LogP contribution in [-0.4, -0.2) is 19.8 Å². The van der Waals surface area contributed by atoms with Crippen LogP contribution in [0.15, 0.2) is 11.4 Å². The van der Waals surface area contributed by atoms with Gasteiger partial charge in [0.2, 0.25) is 0 Å². The highest BCUT2D eigenvalue weighted by Crippen LogP contribution is 2.37. The number of thiophene rings is 1. The lowest BCUT2D eigenvalue weighted by molar-refractivity contribution is 0.149. The van der Waals surface area contributed by atoms with Crippen LogP contribution < -0.4 is 5.32 Å². The summed E-state index contributed by atoms with van der Waals surface area (Å²) in [6.45, 7) is 0.862. The number of hydrogen-bond donors (Lipinski definition) is 1. The number of methoxy groups -OCH3 is 1. The van der Waals surface area contributed by atoms with Crippen LogP contribution in [0.4, 0.5) is 0 Å². The Hall–Kier alpha value is -0.380. The highest BCUT2D eigenvalue weighted by Gasteiger charge is 2.33. The van der Waals surface area contributed by atoms with E-state index in [1.165, 1.54) is 32.1 Å². The van der Waals surface area contributed by atoms with E-state index in [0.29, 0.717) is 12.1 Å². The lowest BCUT2D eigenvalue weighted by Gasteiger charge is -2.28. The van der Waals surface area contributed by atoms with Gasteiger partial charge in [0.1, 0.15) is 0 Å². The van der Waals surface area contributed by atoms with E-state index < -0.39 is 0 Å². The summed E-state index contributed by atoms with van der Waals surface area (Å²) in [5.41, 5.74) is 1.56. The standard InChI is InChI=1S/C14H21NOS/c1-16-9-13(10-5-6-10)15-12-3-2-4-14-11(12)7-8-17-14/h7-8,10,12-13,15H,2-6,9H2,1H3. The van der Waals surface area contributed by atoms with Crippen LogP contribution in [0, 0.1) is 5.92 Å². The number of hydrogen-bond acceptors (Lipinski definition) is 3. The molecule has 3 rings (SSSR count). The van der Waals surface area contributed by atoms with Crippen molar-refractivity contribution in [3.63, 3.8) is 0 Å². The van der Waals surface area contributed by atoms with Gasteiger partial charge in [-0.2, -0.15) is 0 Å². The second kappa shape index (κ2) is 5.09. The summed E-state index contributed by atoms with van der Waals surface area (Å²) in [5.74, 6) is 0.860. The normalized spacial score (nSPS) is 25.6. The Balaban J connectivity index is 1.68.